The fraction of sp³-hybridized carbons (Fsp3) is 1.00. The Hall–Kier alpha value is 0.137. The van der Waals surface area contributed by atoms with Crippen LogP contribution in [-0.2, 0) is 9.16 Å². The molecule has 0 atom stereocenters. The number of rotatable bonds is 12. The summed E-state index contributed by atoms with van der Waals surface area (Å²) in [5.74, 6) is 0. The molecular formula is C12H25O2Si. The number of unbranched alkanes of at least 4 members (excludes halogenated alkanes) is 7. The van der Waals surface area contributed by atoms with Gasteiger partial charge in [-0.2, -0.15) is 0 Å². The zero-order chi connectivity index (χ0) is 11.2. The Morgan fingerprint density at radius 1 is 0.733 bits per heavy atom. The number of hydrogen-bond acceptors (Lipinski definition) is 2. The molecule has 0 rings (SSSR count). The summed E-state index contributed by atoms with van der Waals surface area (Å²) in [7, 11) is 2.94. The molecule has 3 radical (unpaired) electrons. The van der Waals surface area contributed by atoms with Gasteiger partial charge in [-0.15, -0.1) is 0 Å². The van der Waals surface area contributed by atoms with Gasteiger partial charge in [0.05, 0.1) is 13.2 Å². The minimum absolute atomic E-state index is 0.633. The monoisotopic (exact) mass is 229 g/mol. The largest absolute Gasteiger partial charge is 0.416 e. The van der Waals surface area contributed by atoms with E-state index in [0.29, 0.717) is 13.2 Å². The van der Waals surface area contributed by atoms with Crippen molar-refractivity contribution in [3.05, 3.63) is 0 Å². The standard InChI is InChI=1S/C12H25O2Si/c1-2-3-4-5-6-7-8-9-10-13-11-12-14-15/h2-12H2,1H3. The van der Waals surface area contributed by atoms with Crippen LogP contribution in [0.15, 0.2) is 0 Å². The van der Waals surface area contributed by atoms with Gasteiger partial charge in [0.1, 0.15) is 0 Å². The molecule has 0 unspecified atom stereocenters. The van der Waals surface area contributed by atoms with Crippen LogP contribution in [0.2, 0.25) is 0 Å². The maximum atomic E-state index is 5.36. The van der Waals surface area contributed by atoms with Gasteiger partial charge in [-0.1, -0.05) is 51.9 Å². The minimum Gasteiger partial charge on any atom is -0.416 e. The molecule has 0 aromatic carbocycles. The summed E-state index contributed by atoms with van der Waals surface area (Å²) in [6, 6.07) is 0. The van der Waals surface area contributed by atoms with Crippen LogP contribution in [0.3, 0.4) is 0 Å². The molecule has 15 heavy (non-hydrogen) atoms. The zero-order valence-corrected chi connectivity index (χ0v) is 11.1. The molecular weight excluding hydrogens is 204 g/mol. The van der Waals surface area contributed by atoms with E-state index in [-0.39, 0.29) is 0 Å². The van der Waals surface area contributed by atoms with Gasteiger partial charge in [0.2, 0.25) is 10.5 Å². The van der Waals surface area contributed by atoms with Crippen molar-refractivity contribution in [3.63, 3.8) is 0 Å². The van der Waals surface area contributed by atoms with E-state index in [1.54, 1.807) is 0 Å². The lowest BCUT2D eigenvalue weighted by Crippen LogP contribution is -2.03. The molecule has 0 aliphatic rings. The molecule has 0 aliphatic carbocycles. The van der Waals surface area contributed by atoms with Crippen molar-refractivity contribution < 1.29 is 9.16 Å². The van der Waals surface area contributed by atoms with Crippen molar-refractivity contribution in [1.29, 1.82) is 0 Å². The van der Waals surface area contributed by atoms with Crippen LogP contribution >= 0.6 is 0 Å². The van der Waals surface area contributed by atoms with Gasteiger partial charge >= 0.3 is 0 Å². The molecule has 0 bridgehead atoms. The third-order valence-corrected chi connectivity index (χ3v) is 2.68. The van der Waals surface area contributed by atoms with E-state index in [1.807, 2.05) is 0 Å². The van der Waals surface area contributed by atoms with E-state index in [1.165, 1.54) is 51.4 Å². The smallest absolute Gasteiger partial charge is 0.246 e. The van der Waals surface area contributed by atoms with Crippen LogP contribution in [0.1, 0.15) is 58.3 Å². The first-order valence-electron chi connectivity index (χ1n) is 6.28. The Labute approximate surface area is 98.3 Å². The highest BCUT2D eigenvalue weighted by molar-refractivity contribution is 5.97. The van der Waals surface area contributed by atoms with E-state index in [4.69, 9.17) is 9.16 Å². The Balaban J connectivity index is 2.81. The summed E-state index contributed by atoms with van der Waals surface area (Å²) in [6.07, 6.45) is 10.8. The Bertz CT molecular complexity index is 97.8. The summed E-state index contributed by atoms with van der Waals surface area (Å²) in [5, 5.41) is 0. The molecule has 0 saturated heterocycles. The van der Waals surface area contributed by atoms with Crippen LogP contribution < -0.4 is 0 Å². The normalized spacial score (nSPS) is 10.8. The SMILES string of the molecule is CCCCCCCCCCOCCO[Si]. The van der Waals surface area contributed by atoms with Crippen LogP contribution in [0.5, 0.6) is 0 Å². The first kappa shape index (κ1) is 15.1. The van der Waals surface area contributed by atoms with Gasteiger partial charge in [-0.25, -0.2) is 0 Å². The van der Waals surface area contributed by atoms with Crippen molar-refractivity contribution in [2.75, 3.05) is 19.8 Å². The zero-order valence-electron chi connectivity index (χ0n) is 10.1. The lowest BCUT2D eigenvalue weighted by atomic mass is 10.1. The number of ether oxygens (including phenoxy) is 1. The predicted octanol–water partition coefficient (Wildman–Crippen LogP) is 3.24. The molecule has 3 heteroatoms. The van der Waals surface area contributed by atoms with Gasteiger partial charge in [-0.3, -0.25) is 0 Å². The quantitative estimate of drug-likeness (QED) is 0.378. The van der Waals surface area contributed by atoms with E-state index in [2.05, 4.69) is 17.4 Å². The van der Waals surface area contributed by atoms with Crippen molar-refractivity contribution in [3.8, 4) is 0 Å². The second kappa shape index (κ2) is 14.1. The van der Waals surface area contributed by atoms with E-state index >= 15 is 0 Å². The van der Waals surface area contributed by atoms with Gasteiger partial charge in [0, 0.05) is 6.61 Å². The van der Waals surface area contributed by atoms with Gasteiger partial charge in [-0.05, 0) is 6.42 Å². The third kappa shape index (κ3) is 14.1. The maximum Gasteiger partial charge on any atom is 0.246 e. The second-order valence-electron chi connectivity index (χ2n) is 3.94. The fourth-order valence-corrected chi connectivity index (χ4v) is 1.62. The third-order valence-electron chi connectivity index (χ3n) is 2.47. The first-order chi connectivity index (χ1) is 7.41. The fourth-order valence-electron chi connectivity index (χ4n) is 1.54. The summed E-state index contributed by atoms with van der Waals surface area (Å²) in [6.45, 7) is 4.46. The van der Waals surface area contributed by atoms with E-state index < -0.39 is 0 Å². The minimum atomic E-state index is 0.633. The van der Waals surface area contributed by atoms with E-state index in [0.717, 1.165) is 6.61 Å². The average molecular weight is 229 g/mol. The van der Waals surface area contributed by atoms with Crippen LogP contribution in [0.4, 0.5) is 0 Å². The van der Waals surface area contributed by atoms with Crippen molar-refractivity contribution >= 4 is 10.5 Å². The molecule has 0 N–H and O–H groups in total. The highest BCUT2D eigenvalue weighted by Crippen LogP contribution is 2.08. The molecule has 0 spiro atoms. The van der Waals surface area contributed by atoms with Crippen LogP contribution in [-0.4, -0.2) is 30.3 Å². The summed E-state index contributed by atoms with van der Waals surface area (Å²) in [5.41, 5.74) is 0. The lowest BCUT2D eigenvalue weighted by molar-refractivity contribution is 0.100. The second-order valence-corrected chi connectivity index (χ2v) is 4.22. The highest BCUT2D eigenvalue weighted by Gasteiger charge is 1.92. The van der Waals surface area contributed by atoms with Crippen molar-refractivity contribution in [2.24, 2.45) is 0 Å². The molecule has 0 heterocycles. The first-order valence-corrected chi connectivity index (χ1v) is 6.69. The topological polar surface area (TPSA) is 18.5 Å². The summed E-state index contributed by atoms with van der Waals surface area (Å²) < 4.78 is 10.1. The molecule has 2 nitrogen and oxygen atoms in total. The Morgan fingerprint density at radius 2 is 1.33 bits per heavy atom. The molecule has 0 aromatic rings. The van der Waals surface area contributed by atoms with Crippen molar-refractivity contribution in [2.45, 2.75) is 58.3 Å². The molecule has 0 amide bonds. The van der Waals surface area contributed by atoms with E-state index in [9.17, 15) is 0 Å². The van der Waals surface area contributed by atoms with Crippen LogP contribution in [0, 0.1) is 0 Å². The van der Waals surface area contributed by atoms with Gasteiger partial charge in [0.25, 0.3) is 0 Å². The molecule has 0 aromatic heterocycles. The summed E-state index contributed by atoms with van der Waals surface area (Å²) >= 11 is 0. The lowest BCUT2D eigenvalue weighted by Gasteiger charge is -2.03. The number of hydrogen-bond donors (Lipinski definition) is 0. The van der Waals surface area contributed by atoms with Crippen molar-refractivity contribution in [1.82, 2.24) is 0 Å². The Morgan fingerprint density at radius 3 is 1.93 bits per heavy atom. The molecule has 0 fully saturated rings. The molecule has 0 aliphatic heterocycles. The molecule has 89 valence electrons. The van der Waals surface area contributed by atoms with Crippen LogP contribution in [0.25, 0.3) is 0 Å². The van der Waals surface area contributed by atoms with Gasteiger partial charge < -0.3 is 9.16 Å². The summed E-state index contributed by atoms with van der Waals surface area (Å²) in [4.78, 5) is 0. The molecule has 0 saturated carbocycles. The highest BCUT2D eigenvalue weighted by atomic mass is 28.2. The predicted molar refractivity (Wildman–Crippen MR) is 65.1 cm³/mol. The Kier molecular flexibility index (Phi) is 14.3. The average Bonchev–Trinajstić information content (AvgIpc) is 2.26. The van der Waals surface area contributed by atoms with Gasteiger partial charge in [0.15, 0.2) is 0 Å². The maximum absolute atomic E-state index is 5.36.